The molecule has 33 heavy (non-hydrogen) atoms. The number of fused-ring (bicyclic) bond motifs is 2. The van der Waals surface area contributed by atoms with Crippen LogP contribution < -0.4 is 10.3 Å². The van der Waals surface area contributed by atoms with Crippen molar-refractivity contribution in [3.05, 3.63) is 109 Å². The number of hydrogen-bond acceptors (Lipinski definition) is 6. The van der Waals surface area contributed by atoms with Crippen LogP contribution in [0, 0.1) is 30.9 Å². The number of nitro groups is 1. The van der Waals surface area contributed by atoms with Gasteiger partial charge >= 0.3 is 0 Å². The molecule has 4 aromatic rings. The fourth-order valence-electron chi connectivity index (χ4n) is 4.24. The summed E-state index contributed by atoms with van der Waals surface area (Å²) in [6, 6.07) is 12.0. The van der Waals surface area contributed by atoms with Gasteiger partial charge in [0, 0.05) is 18.3 Å². The van der Waals surface area contributed by atoms with E-state index < -0.39 is 16.9 Å². The molecule has 8 nitrogen and oxygen atoms in total. The number of hydrogen-bond donors (Lipinski definition) is 0. The molecule has 1 aliphatic rings. The average molecular weight is 441 g/mol. The van der Waals surface area contributed by atoms with Crippen molar-refractivity contribution in [2.45, 2.75) is 26.8 Å². The molecule has 1 amide bonds. The first kappa shape index (κ1) is 20.6. The number of nitrogens with zero attached hydrogens (tertiary/aromatic N) is 3. The summed E-state index contributed by atoms with van der Waals surface area (Å²) in [4.78, 5) is 43.9. The number of nitro benzene ring substituents is 1. The highest BCUT2D eigenvalue weighted by Gasteiger charge is 2.44. The van der Waals surface area contributed by atoms with E-state index >= 15 is 0 Å². The summed E-state index contributed by atoms with van der Waals surface area (Å²) in [6.07, 6.45) is 1.57. The fourth-order valence-corrected chi connectivity index (χ4v) is 4.24. The first-order valence-corrected chi connectivity index (χ1v) is 10.3. The number of rotatable bonds is 3. The van der Waals surface area contributed by atoms with Crippen LogP contribution in [-0.4, -0.2) is 15.8 Å². The highest BCUT2D eigenvalue weighted by molar-refractivity contribution is 6.10. The molecule has 164 valence electrons. The lowest BCUT2D eigenvalue weighted by Gasteiger charge is -2.24. The molecule has 0 unspecified atom stereocenters. The normalized spacial score (nSPS) is 15.2. The second kappa shape index (κ2) is 7.37. The maximum absolute atomic E-state index is 13.7. The Hall–Kier alpha value is -4.33. The van der Waals surface area contributed by atoms with Crippen molar-refractivity contribution in [2.24, 2.45) is 0 Å². The van der Waals surface area contributed by atoms with Gasteiger partial charge in [-0.15, -0.1) is 0 Å². The van der Waals surface area contributed by atoms with Crippen molar-refractivity contribution < 1.29 is 14.1 Å². The summed E-state index contributed by atoms with van der Waals surface area (Å²) in [6.45, 7) is 5.66. The van der Waals surface area contributed by atoms with Gasteiger partial charge in [0.15, 0.2) is 5.43 Å². The van der Waals surface area contributed by atoms with Crippen LogP contribution in [0.2, 0.25) is 0 Å². The molecule has 0 bridgehead atoms. The molecule has 0 radical (unpaired) electrons. The number of carbonyl (C=O) groups excluding carboxylic acids is 1. The molecule has 0 N–H and O–H groups in total. The van der Waals surface area contributed by atoms with Gasteiger partial charge < -0.3 is 4.42 Å². The van der Waals surface area contributed by atoms with E-state index in [0.717, 1.165) is 16.7 Å². The lowest BCUT2D eigenvalue weighted by Crippen LogP contribution is -2.30. The molecule has 2 aromatic carbocycles. The molecule has 1 atom stereocenters. The van der Waals surface area contributed by atoms with Gasteiger partial charge in [-0.2, -0.15) is 0 Å². The van der Waals surface area contributed by atoms with Crippen molar-refractivity contribution >= 4 is 28.4 Å². The Balaban J connectivity index is 1.84. The average Bonchev–Trinajstić information content (AvgIpc) is 3.08. The van der Waals surface area contributed by atoms with E-state index in [1.54, 1.807) is 36.5 Å². The number of carbonyl (C=O) groups is 1. The Labute approximate surface area is 188 Å². The molecule has 0 saturated heterocycles. The number of amides is 1. The van der Waals surface area contributed by atoms with Gasteiger partial charge in [-0.3, -0.25) is 24.6 Å². The van der Waals surface area contributed by atoms with Gasteiger partial charge in [0.25, 0.3) is 11.6 Å². The number of aryl methyl sites for hydroxylation is 3. The molecule has 0 fully saturated rings. The minimum Gasteiger partial charge on any atom is -0.450 e. The zero-order valence-electron chi connectivity index (χ0n) is 18.2. The molecule has 8 heteroatoms. The molecular weight excluding hydrogens is 422 g/mol. The number of non-ortho nitro benzene ring substituents is 1. The number of pyridine rings is 1. The van der Waals surface area contributed by atoms with Gasteiger partial charge in [-0.1, -0.05) is 12.1 Å². The zero-order chi connectivity index (χ0) is 23.4. The Morgan fingerprint density at radius 1 is 1.03 bits per heavy atom. The van der Waals surface area contributed by atoms with Crippen LogP contribution in [0.1, 0.15) is 44.4 Å². The Bertz CT molecular complexity index is 1540. The van der Waals surface area contributed by atoms with Crippen LogP contribution >= 0.6 is 0 Å². The summed E-state index contributed by atoms with van der Waals surface area (Å²) in [5, 5.41) is 11.8. The van der Waals surface area contributed by atoms with Gasteiger partial charge in [-0.25, -0.2) is 4.98 Å². The summed E-state index contributed by atoms with van der Waals surface area (Å²) in [5.41, 5.74) is 3.15. The zero-order valence-corrected chi connectivity index (χ0v) is 18.2. The Morgan fingerprint density at radius 2 is 1.79 bits per heavy atom. The predicted octanol–water partition coefficient (Wildman–Crippen LogP) is 4.77. The van der Waals surface area contributed by atoms with Crippen molar-refractivity contribution in [1.82, 2.24) is 4.98 Å². The van der Waals surface area contributed by atoms with E-state index in [0.29, 0.717) is 22.4 Å². The SMILES string of the molecule is Cc1ccnc(N2C(=O)c3oc4cc(C)c(C)cc4c(=O)c3[C@@H]2c2cccc([N+](=O)[O-])c2)c1. The largest absolute Gasteiger partial charge is 0.450 e. The lowest BCUT2D eigenvalue weighted by molar-refractivity contribution is -0.384. The van der Waals surface area contributed by atoms with Crippen molar-refractivity contribution in [2.75, 3.05) is 4.90 Å². The molecule has 0 aliphatic carbocycles. The van der Waals surface area contributed by atoms with Gasteiger partial charge in [0.05, 0.1) is 21.9 Å². The molecule has 2 aromatic heterocycles. The molecule has 0 spiro atoms. The van der Waals surface area contributed by atoms with E-state index in [4.69, 9.17) is 4.42 Å². The quantitative estimate of drug-likeness (QED) is 0.335. The molecule has 1 aliphatic heterocycles. The van der Waals surface area contributed by atoms with Crippen molar-refractivity contribution in [3.8, 4) is 0 Å². The second-order valence-corrected chi connectivity index (χ2v) is 8.23. The summed E-state index contributed by atoms with van der Waals surface area (Å²) in [5.74, 6) is -0.258. The third-order valence-corrected chi connectivity index (χ3v) is 6.03. The maximum Gasteiger partial charge on any atom is 0.296 e. The van der Waals surface area contributed by atoms with Gasteiger partial charge in [0.1, 0.15) is 11.4 Å². The summed E-state index contributed by atoms with van der Waals surface area (Å²) < 4.78 is 5.99. The third-order valence-electron chi connectivity index (χ3n) is 6.03. The first-order valence-electron chi connectivity index (χ1n) is 10.3. The van der Waals surface area contributed by atoms with Crippen LogP contribution in [0.15, 0.2) is 63.9 Å². The van der Waals surface area contributed by atoms with Crippen molar-refractivity contribution in [3.63, 3.8) is 0 Å². The number of benzene rings is 2. The minimum atomic E-state index is -0.913. The molecular formula is C25H19N3O5. The van der Waals surface area contributed by atoms with E-state index in [1.807, 2.05) is 20.8 Å². The van der Waals surface area contributed by atoms with Crippen LogP contribution in [0.5, 0.6) is 0 Å². The molecule has 5 rings (SSSR count). The van der Waals surface area contributed by atoms with Crippen LogP contribution in [-0.2, 0) is 0 Å². The topological polar surface area (TPSA) is 107 Å². The smallest absolute Gasteiger partial charge is 0.296 e. The number of aromatic nitrogens is 1. The Morgan fingerprint density at radius 3 is 2.52 bits per heavy atom. The van der Waals surface area contributed by atoms with Gasteiger partial charge in [-0.05, 0) is 67.3 Å². The highest BCUT2D eigenvalue weighted by Crippen LogP contribution is 2.41. The lowest BCUT2D eigenvalue weighted by atomic mass is 9.97. The van der Waals surface area contributed by atoms with E-state index in [-0.39, 0.29) is 22.4 Å². The van der Waals surface area contributed by atoms with Crippen LogP contribution in [0.4, 0.5) is 11.5 Å². The predicted molar refractivity (Wildman–Crippen MR) is 123 cm³/mol. The third kappa shape index (κ3) is 3.18. The van der Waals surface area contributed by atoms with E-state index in [2.05, 4.69) is 4.98 Å². The van der Waals surface area contributed by atoms with Crippen molar-refractivity contribution in [1.29, 1.82) is 0 Å². The summed E-state index contributed by atoms with van der Waals surface area (Å²) in [7, 11) is 0. The standard InChI is InChI=1S/C25H19N3O5/c1-13-7-8-26-20(9-13)27-22(16-5-4-6-17(12-16)28(31)32)21-23(29)18-10-14(2)15(3)11-19(18)33-24(21)25(27)30/h4-12,22H,1-3H3/t22-/m0/s1. The first-order chi connectivity index (χ1) is 15.8. The Kier molecular flexibility index (Phi) is 4.59. The second-order valence-electron chi connectivity index (χ2n) is 8.23. The monoisotopic (exact) mass is 441 g/mol. The van der Waals surface area contributed by atoms with Crippen LogP contribution in [0.25, 0.3) is 11.0 Å². The fraction of sp³-hybridized carbons (Fsp3) is 0.160. The minimum absolute atomic E-state index is 0.0736. The molecule has 3 heterocycles. The van der Waals surface area contributed by atoms with E-state index in [1.165, 1.54) is 23.1 Å². The maximum atomic E-state index is 13.7. The number of anilines is 1. The van der Waals surface area contributed by atoms with E-state index in [9.17, 15) is 19.7 Å². The molecule has 0 saturated carbocycles. The highest BCUT2D eigenvalue weighted by atomic mass is 16.6. The van der Waals surface area contributed by atoms with Gasteiger partial charge in [0.2, 0.25) is 5.76 Å². The van der Waals surface area contributed by atoms with Crippen LogP contribution in [0.3, 0.4) is 0 Å². The summed E-state index contributed by atoms with van der Waals surface area (Å²) >= 11 is 0.